The number of amides is 1. The number of carbonyl (C=O) groups excluding carboxylic acids is 1. The topological polar surface area (TPSA) is 69.1 Å². The van der Waals surface area contributed by atoms with Crippen LogP contribution in [0.4, 0.5) is 0 Å². The summed E-state index contributed by atoms with van der Waals surface area (Å²) in [5, 5.41) is 6.35. The molecule has 1 fully saturated rings. The highest BCUT2D eigenvalue weighted by atomic mass is 16.1. The van der Waals surface area contributed by atoms with Gasteiger partial charge in [0.15, 0.2) is 0 Å². The van der Waals surface area contributed by atoms with Crippen LogP contribution in [0.25, 0.3) is 0 Å². The highest BCUT2D eigenvalue weighted by Gasteiger charge is 2.28. The first-order chi connectivity index (χ1) is 18.4. The van der Waals surface area contributed by atoms with Gasteiger partial charge in [-0.05, 0) is 50.3 Å². The normalized spacial score (nSPS) is 17.1. The Morgan fingerprint density at radius 3 is 2.32 bits per heavy atom. The summed E-state index contributed by atoms with van der Waals surface area (Å²) < 4.78 is 0. The predicted octanol–water partition coefficient (Wildman–Crippen LogP) is 6.94. The lowest BCUT2D eigenvalue weighted by molar-refractivity contribution is -0.126. The quantitative estimate of drug-likeness (QED) is 0.408. The first-order valence-corrected chi connectivity index (χ1v) is 14.4. The van der Waals surface area contributed by atoms with E-state index in [0.29, 0.717) is 12.4 Å². The number of nitrogens with zero attached hydrogens (tertiary/aromatic N) is 3. The van der Waals surface area contributed by atoms with Crippen molar-refractivity contribution in [2.24, 2.45) is 15.9 Å². The third kappa shape index (κ3) is 11.1. The Kier molecular flexibility index (Phi) is 16.4. The van der Waals surface area contributed by atoms with E-state index in [9.17, 15) is 4.79 Å². The summed E-state index contributed by atoms with van der Waals surface area (Å²) in [6.45, 7) is 21.8. The molecule has 1 saturated heterocycles. The third-order valence-electron chi connectivity index (χ3n) is 5.95. The molecule has 0 spiro atoms. The Balaban J connectivity index is 0.00000110. The van der Waals surface area contributed by atoms with Gasteiger partial charge in [0.1, 0.15) is 11.7 Å². The summed E-state index contributed by atoms with van der Waals surface area (Å²) in [7, 11) is 0. The van der Waals surface area contributed by atoms with Crippen LogP contribution in [0.5, 0.6) is 0 Å². The largest absolute Gasteiger partial charge is 0.366 e. The number of piperidine rings is 1. The molecule has 1 aromatic rings. The van der Waals surface area contributed by atoms with Gasteiger partial charge in [-0.25, -0.2) is 9.98 Å². The van der Waals surface area contributed by atoms with E-state index in [1.165, 1.54) is 24.0 Å². The minimum atomic E-state index is 0.0881. The molecule has 6 heteroatoms. The molecule has 1 amide bonds. The molecule has 0 aromatic heterocycles. The molecule has 2 aliphatic heterocycles. The highest BCUT2D eigenvalue weighted by Crippen LogP contribution is 2.22. The van der Waals surface area contributed by atoms with Gasteiger partial charge in [0.2, 0.25) is 5.91 Å². The van der Waals surface area contributed by atoms with Crippen molar-refractivity contribution < 1.29 is 4.79 Å². The minimum Gasteiger partial charge on any atom is -0.366 e. The second-order valence-corrected chi connectivity index (χ2v) is 9.66. The molecule has 2 heterocycles. The lowest BCUT2D eigenvalue weighted by atomic mass is 9.94. The number of allylic oxidation sites excluding steroid dienone is 2. The fourth-order valence-corrected chi connectivity index (χ4v) is 4.02. The molecule has 3 rings (SSSR count). The monoisotopic (exact) mass is 521 g/mol. The smallest absolute Gasteiger partial charge is 0.223 e. The zero-order valence-electron chi connectivity index (χ0n) is 24.9. The van der Waals surface area contributed by atoms with Crippen LogP contribution in [-0.2, 0) is 11.3 Å². The van der Waals surface area contributed by atoms with E-state index in [1.54, 1.807) is 6.20 Å². The van der Waals surface area contributed by atoms with Crippen LogP contribution in [0, 0.1) is 12.8 Å². The molecular weight excluding hydrogens is 470 g/mol. The van der Waals surface area contributed by atoms with E-state index in [0.717, 1.165) is 56.0 Å². The lowest BCUT2D eigenvalue weighted by Crippen LogP contribution is -2.44. The number of carbonyl (C=O) groups is 1. The Labute approximate surface area is 232 Å². The summed E-state index contributed by atoms with van der Waals surface area (Å²) in [5.74, 6) is 1.82. The number of rotatable bonds is 7. The van der Waals surface area contributed by atoms with Crippen molar-refractivity contribution in [1.82, 2.24) is 15.5 Å². The van der Waals surface area contributed by atoms with Gasteiger partial charge in [-0.15, -0.1) is 0 Å². The molecule has 1 aromatic carbocycles. The molecular formula is C32H51N5O. The van der Waals surface area contributed by atoms with Gasteiger partial charge in [0.05, 0.1) is 5.71 Å². The van der Waals surface area contributed by atoms with E-state index in [-0.39, 0.29) is 11.8 Å². The first-order valence-electron chi connectivity index (χ1n) is 14.4. The maximum absolute atomic E-state index is 12.3. The van der Waals surface area contributed by atoms with Crippen LogP contribution in [0.2, 0.25) is 0 Å². The molecule has 0 bridgehead atoms. The Hall–Kier alpha value is -3.15. The van der Waals surface area contributed by atoms with Crippen LogP contribution in [0.15, 0.2) is 70.6 Å². The summed E-state index contributed by atoms with van der Waals surface area (Å²) in [6.07, 6.45) is 10.9. The summed E-state index contributed by atoms with van der Waals surface area (Å²) in [4.78, 5) is 24.0. The number of hydrogen-bond donors (Lipinski definition) is 2. The second-order valence-electron chi connectivity index (χ2n) is 9.66. The van der Waals surface area contributed by atoms with Crippen molar-refractivity contribution in [2.75, 3.05) is 19.6 Å². The van der Waals surface area contributed by atoms with Crippen molar-refractivity contribution in [2.45, 2.75) is 87.1 Å². The Morgan fingerprint density at radius 1 is 1.11 bits per heavy atom. The van der Waals surface area contributed by atoms with Crippen molar-refractivity contribution in [3.63, 3.8) is 0 Å². The number of likely N-dealkylation sites (tertiary alicyclic amines) is 1. The zero-order chi connectivity index (χ0) is 28.3. The first kappa shape index (κ1) is 32.9. The molecule has 0 atom stereocenters. The van der Waals surface area contributed by atoms with Crippen LogP contribution < -0.4 is 10.6 Å². The van der Waals surface area contributed by atoms with Gasteiger partial charge in [-0.3, -0.25) is 4.79 Å². The van der Waals surface area contributed by atoms with E-state index >= 15 is 0 Å². The fourth-order valence-electron chi connectivity index (χ4n) is 4.02. The molecule has 2 N–H and O–H groups in total. The molecule has 0 saturated carbocycles. The van der Waals surface area contributed by atoms with Crippen molar-refractivity contribution in [3.05, 3.63) is 71.7 Å². The zero-order valence-corrected chi connectivity index (χ0v) is 24.9. The number of benzene rings is 1. The van der Waals surface area contributed by atoms with Crippen LogP contribution >= 0.6 is 0 Å². The van der Waals surface area contributed by atoms with Gasteiger partial charge >= 0.3 is 0 Å². The van der Waals surface area contributed by atoms with Gasteiger partial charge in [0.25, 0.3) is 0 Å². The maximum Gasteiger partial charge on any atom is 0.223 e. The minimum absolute atomic E-state index is 0.0881. The fraction of sp³-hybridized carbons (Fsp3) is 0.531. The van der Waals surface area contributed by atoms with Crippen molar-refractivity contribution in [3.8, 4) is 0 Å². The Morgan fingerprint density at radius 2 is 1.74 bits per heavy atom. The highest BCUT2D eigenvalue weighted by molar-refractivity contribution is 6.29. The van der Waals surface area contributed by atoms with E-state index in [4.69, 9.17) is 4.99 Å². The maximum atomic E-state index is 12.3. The summed E-state index contributed by atoms with van der Waals surface area (Å²) in [5.41, 5.74) is 4.32. The van der Waals surface area contributed by atoms with E-state index in [1.807, 2.05) is 25.1 Å². The van der Waals surface area contributed by atoms with E-state index in [2.05, 4.69) is 86.9 Å². The van der Waals surface area contributed by atoms with Crippen LogP contribution in [-0.4, -0.2) is 42.0 Å². The number of aliphatic imine (C=N–C) groups is 2. The molecule has 38 heavy (non-hydrogen) atoms. The van der Waals surface area contributed by atoms with Crippen molar-refractivity contribution >= 4 is 17.5 Å². The SMILES string of the molecule is C=C(/N=C1/C=CN=C(N2CCC(C(=O)NCCC)CC2)/C1=C/C)NCc1ccccc1C.CCC.CCC. The van der Waals surface area contributed by atoms with Gasteiger partial charge in [-0.2, -0.15) is 0 Å². The Bertz CT molecular complexity index is 979. The van der Waals surface area contributed by atoms with Crippen LogP contribution in [0.3, 0.4) is 0 Å². The number of aryl methyl sites for hydroxylation is 1. The van der Waals surface area contributed by atoms with Crippen LogP contribution in [0.1, 0.15) is 84.8 Å². The van der Waals surface area contributed by atoms with Gasteiger partial charge in [0, 0.05) is 43.9 Å². The number of nitrogens with one attached hydrogen (secondary N) is 2. The standard InChI is InChI=1S/C26H35N5O.2C3H8/c1-5-14-28-26(32)21-12-16-31(17-13-21)25-23(6-2)24(11-15-27-25)30-20(4)29-18-22-10-8-7-9-19(22)3;2*1-3-2/h6-11,15,21,29H,4-5,12-14,16-18H2,1-3H3,(H,28,32);2*3H2,1-2H3/b23-6+,30-24-;;. The molecule has 2 aliphatic rings. The van der Waals surface area contributed by atoms with Gasteiger partial charge < -0.3 is 15.5 Å². The molecule has 0 aliphatic carbocycles. The summed E-state index contributed by atoms with van der Waals surface area (Å²) >= 11 is 0. The van der Waals surface area contributed by atoms with Crippen molar-refractivity contribution in [1.29, 1.82) is 0 Å². The number of amidine groups is 1. The lowest BCUT2D eigenvalue weighted by Gasteiger charge is -2.35. The average Bonchev–Trinajstić information content (AvgIpc) is 2.92. The number of hydrogen-bond acceptors (Lipinski definition) is 5. The average molecular weight is 522 g/mol. The summed E-state index contributed by atoms with van der Waals surface area (Å²) in [6, 6.07) is 8.30. The van der Waals surface area contributed by atoms with Gasteiger partial charge in [-0.1, -0.05) is 84.4 Å². The predicted molar refractivity (Wildman–Crippen MR) is 164 cm³/mol. The third-order valence-corrected chi connectivity index (χ3v) is 5.95. The second kappa shape index (κ2) is 19.0. The van der Waals surface area contributed by atoms with E-state index < -0.39 is 0 Å². The molecule has 210 valence electrons. The molecule has 0 unspecified atom stereocenters. The molecule has 0 radical (unpaired) electrons. The molecule has 6 nitrogen and oxygen atoms in total.